The number of nitrogens with zero attached hydrogens (tertiary/aromatic N) is 1. The highest BCUT2D eigenvalue weighted by atomic mass is 16.7. The van der Waals surface area contributed by atoms with Crippen LogP contribution < -0.4 is 10.6 Å². The van der Waals surface area contributed by atoms with Crippen LogP contribution in [-0.2, 0) is 32.0 Å². The topological polar surface area (TPSA) is 130 Å². The third kappa shape index (κ3) is 9.35. The zero-order chi connectivity index (χ0) is 35.6. The zero-order valence-electron chi connectivity index (χ0n) is 28.9. The lowest BCUT2D eigenvalue weighted by atomic mass is 9.89. The van der Waals surface area contributed by atoms with Crippen LogP contribution in [0.4, 0.5) is 10.5 Å². The monoisotopic (exact) mass is 681 g/mol. The number of aliphatic hydroxyl groups excluding tert-OH is 2. The normalized spacial score (nSPS) is 20.8. The third-order valence-electron chi connectivity index (χ3n) is 9.37. The van der Waals surface area contributed by atoms with Crippen LogP contribution in [0.15, 0.2) is 109 Å². The van der Waals surface area contributed by atoms with E-state index in [9.17, 15) is 19.8 Å². The number of hydrogen-bond donors (Lipinski definition) is 4. The maximum absolute atomic E-state index is 13.1. The van der Waals surface area contributed by atoms with E-state index in [2.05, 4.69) is 22.5 Å². The molecule has 1 aliphatic rings. The summed E-state index contributed by atoms with van der Waals surface area (Å²) < 4.78 is 18.2. The van der Waals surface area contributed by atoms with E-state index in [1.807, 2.05) is 111 Å². The lowest BCUT2D eigenvalue weighted by Gasteiger charge is -2.43. The number of nitrogens with one attached hydrogen (secondary N) is 2. The number of carbonyl (C=O) groups excluding carboxylic acids is 2. The highest BCUT2D eigenvalue weighted by molar-refractivity contribution is 5.92. The molecule has 1 fully saturated rings. The fourth-order valence-corrected chi connectivity index (χ4v) is 6.22. The average Bonchev–Trinajstić information content (AvgIpc) is 3.15. The van der Waals surface area contributed by atoms with Crippen LogP contribution in [0.3, 0.4) is 0 Å². The minimum Gasteiger partial charge on any atom is -0.467 e. The van der Waals surface area contributed by atoms with Crippen molar-refractivity contribution >= 4 is 17.7 Å². The molecule has 7 atom stereocenters. The fraction of sp³-hybridized carbons (Fsp3) is 0.350. The molecule has 0 radical (unpaired) electrons. The van der Waals surface area contributed by atoms with E-state index in [0.717, 1.165) is 22.3 Å². The summed E-state index contributed by atoms with van der Waals surface area (Å²) in [4.78, 5) is 27.7. The summed E-state index contributed by atoms with van der Waals surface area (Å²) in [6.07, 6.45) is -1.81. The van der Waals surface area contributed by atoms with Crippen molar-refractivity contribution in [1.82, 2.24) is 10.2 Å². The second kappa shape index (κ2) is 17.4. The van der Waals surface area contributed by atoms with Crippen molar-refractivity contribution in [3.05, 3.63) is 137 Å². The highest BCUT2D eigenvalue weighted by Gasteiger charge is 2.39. The average molecular weight is 682 g/mol. The van der Waals surface area contributed by atoms with Gasteiger partial charge in [-0.1, -0.05) is 104 Å². The molecule has 1 saturated heterocycles. The number of likely N-dealkylation sites (N-methyl/N-ethyl adjacent to an activating group) is 1. The second-order valence-electron chi connectivity index (χ2n) is 12.8. The maximum atomic E-state index is 13.1. The predicted molar refractivity (Wildman–Crippen MR) is 191 cm³/mol. The van der Waals surface area contributed by atoms with Gasteiger partial charge in [-0.25, -0.2) is 9.59 Å². The number of urea groups is 1. The van der Waals surface area contributed by atoms with Crippen molar-refractivity contribution < 1.29 is 34.0 Å². The van der Waals surface area contributed by atoms with Crippen LogP contribution in [0.2, 0.25) is 0 Å². The molecule has 4 aromatic carbocycles. The molecule has 0 unspecified atom stereocenters. The highest BCUT2D eigenvalue weighted by Crippen LogP contribution is 2.42. The Hall–Kier alpha value is -4.58. The Morgan fingerprint density at radius 3 is 2.22 bits per heavy atom. The van der Waals surface area contributed by atoms with Gasteiger partial charge in [0, 0.05) is 36.2 Å². The van der Waals surface area contributed by atoms with E-state index in [1.165, 1.54) is 7.11 Å². The van der Waals surface area contributed by atoms with Gasteiger partial charge in [0.2, 0.25) is 0 Å². The van der Waals surface area contributed by atoms with Gasteiger partial charge in [-0.2, -0.15) is 0 Å². The molecule has 10 heteroatoms. The number of carbonyl (C=O) groups is 2. The summed E-state index contributed by atoms with van der Waals surface area (Å²) in [7, 11) is 3.27. The first-order valence-electron chi connectivity index (χ1n) is 16.9. The van der Waals surface area contributed by atoms with Crippen molar-refractivity contribution in [2.24, 2.45) is 5.92 Å². The molecular formula is C40H47N3O7. The van der Waals surface area contributed by atoms with E-state index in [4.69, 9.17) is 14.2 Å². The van der Waals surface area contributed by atoms with E-state index >= 15 is 0 Å². The summed E-state index contributed by atoms with van der Waals surface area (Å²) in [5.74, 6) is -0.614. The van der Waals surface area contributed by atoms with Gasteiger partial charge >= 0.3 is 12.0 Å². The number of aliphatic hydroxyl groups is 2. The quantitative estimate of drug-likeness (QED) is 0.128. The Morgan fingerprint density at radius 2 is 1.56 bits per heavy atom. The van der Waals surface area contributed by atoms with Crippen LogP contribution in [0.5, 0.6) is 0 Å². The van der Waals surface area contributed by atoms with Crippen molar-refractivity contribution in [3.63, 3.8) is 0 Å². The molecule has 0 spiro atoms. The number of rotatable bonds is 13. The van der Waals surface area contributed by atoms with Crippen molar-refractivity contribution in [2.75, 3.05) is 26.0 Å². The van der Waals surface area contributed by atoms with Crippen LogP contribution in [0.1, 0.15) is 60.2 Å². The molecule has 0 aliphatic carbocycles. The third-order valence-corrected chi connectivity index (χ3v) is 9.37. The smallest absolute Gasteiger partial charge is 0.328 e. The molecular weight excluding hydrogens is 634 g/mol. The molecule has 50 heavy (non-hydrogen) atoms. The van der Waals surface area contributed by atoms with Gasteiger partial charge in [0.25, 0.3) is 0 Å². The molecule has 0 bridgehead atoms. The van der Waals surface area contributed by atoms with Crippen molar-refractivity contribution in [3.8, 4) is 0 Å². The molecule has 1 aliphatic heterocycles. The minimum absolute atomic E-state index is 0.0534. The van der Waals surface area contributed by atoms with Gasteiger partial charge in [0.05, 0.1) is 32.0 Å². The second-order valence-corrected chi connectivity index (χ2v) is 12.8. The van der Waals surface area contributed by atoms with Gasteiger partial charge < -0.3 is 35.1 Å². The number of hydrogen-bond acceptors (Lipinski definition) is 8. The van der Waals surface area contributed by atoms with Gasteiger partial charge in [0.15, 0.2) is 6.29 Å². The van der Waals surface area contributed by atoms with Crippen LogP contribution in [0.25, 0.3) is 0 Å². The summed E-state index contributed by atoms with van der Waals surface area (Å²) >= 11 is 0. The summed E-state index contributed by atoms with van der Waals surface area (Å²) in [5.41, 5.74) is 4.68. The van der Waals surface area contributed by atoms with Gasteiger partial charge in [-0.05, 0) is 48.4 Å². The standard InChI is InChI=1S/C40H47N3O7/c1-26-35(24-43(3)27(2)36(45)30-14-9-6-10-15-30)49-39(50-37(26)31-20-18-29(25-44)19-21-31)32-16-11-17-33(23-32)41-40(47)42-34(38(46)48-4)22-28-12-7-5-8-13-28/h5-21,23,26-27,34-37,39,44-45H,22,24-25H2,1-4H3,(H2,41,42,47)/t26-,27-,34+,35+,36-,37+,39+/m1/s1. The number of methoxy groups -OCH3 is 1. The van der Waals surface area contributed by atoms with Crippen LogP contribution in [-0.4, -0.2) is 66.0 Å². The zero-order valence-corrected chi connectivity index (χ0v) is 28.9. The Labute approximate surface area is 294 Å². The lowest BCUT2D eigenvalue weighted by Crippen LogP contribution is -2.46. The first-order chi connectivity index (χ1) is 24.2. The lowest BCUT2D eigenvalue weighted by molar-refractivity contribution is -0.276. The summed E-state index contributed by atoms with van der Waals surface area (Å²) in [6.45, 7) is 4.55. The van der Waals surface area contributed by atoms with Gasteiger partial charge in [0.1, 0.15) is 6.04 Å². The molecule has 0 aromatic heterocycles. The largest absolute Gasteiger partial charge is 0.467 e. The Morgan fingerprint density at radius 1 is 0.880 bits per heavy atom. The molecule has 5 rings (SSSR count). The number of amides is 2. The fourth-order valence-electron chi connectivity index (χ4n) is 6.22. The molecule has 264 valence electrons. The van der Waals surface area contributed by atoms with E-state index in [0.29, 0.717) is 17.8 Å². The predicted octanol–water partition coefficient (Wildman–Crippen LogP) is 5.93. The minimum atomic E-state index is -0.879. The maximum Gasteiger partial charge on any atom is 0.328 e. The number of benzene rings is 4. The number of esters is 1. The van der Waals surface area contributed by atoms with E-state index in [-0.39, 0.29) is 37.2 Å². The van der Waals surface area contributed by atoms with Crippen molar-refractivity contribution in [2.45, 2.75) is 63.6 Å². The van der Waals surface area contributed by atoms with E-state index < -0.39 is 30.4 Å². The Balaban J connectivity index is 1.34. The van der Waals surface area contributed by atoms with Crippen LogP contribution >= 0.6 is 0 Å². The molecule has 1 heterocycles. The van der Waals surface area contributed by atoms with Gasteiger partial charge in [-0.15, -0.1) is 0 Å². The first kappa shape index (κ1) is 36.7. The molecule has 10 nitrogen and oxygen atoms in total. The van der Waals surface area contributed by atoms with Crippen LogP contribution in [0, 0.1) is 5.92 Å². The molecule has 4 N–H and O–H groups in total. The SMILES string of the molecule is COC(=O)[C@H](Cc1ccccc1)NC(=O)Nc1cccc([C@H]2O[C@@H](CN(C)[C@H](C)[C@@H](O)c3ccccc3)[C@@H](C)[C@@H](c3ccc(CO)cc3)O2)c1. The number of ether oxygens (including phenoxy) is 3. The molecule has 0 saturated carbocycles. The first-order valence-corrected chi connectivity index (χ1v) is 16.9. The van der Waals surface area contributed by atoms with Gasteiger partial charge in [-0.3, -0.25) is 4.90 Å². The summed E-state index contributed by atoms with van der Waals surface area (Å²) in [6, 6.07) is 32.3. The Bertz CT molecular complexity index is 1670. The number of anilines is 1. The summed E-state index contributed by atoms with van der Waals surface area (Å²) in [5, 5.41) is 26.3. The Kier molecular flexibility index (Phi) is 12.8. The van der Waals surface area contributed by atoms with E-state index in [1.54, 1.807) is 12.1 Å². The molecule has 4 aromatic rings. The van der Waals surface area contributed by atoms with Crippen molar-refractivity contribution in [1.29, 1.82) is 0 Å². The molecule has 2 amide bonds.